The lowest BCUT2D eigenvalue weighted by Crippen LogP contribution is -2.24. The number of aliphatic hydroxyl groups excluding tert-OH is 2. The average Bonchev–Trinajstić information content (AvgIpc) is 2.83. The maximum absolute atomic E-state index is 11.8. The van der Waals surface area contributed by atoms with Crippen molar-refractivity contribution in [3.8, 4) is 0 Å². The number of hydrogen-bond acceptors (Lipinski definition) is 6. The summed E-state index contributed by atoms with van der Waals surface area (Å²) in [5, 5.41) is 19.0. The van der Waals surface area contributed by atoms with Gasteiger partial charge in [-0.05, 0) is 11.6 Å². The maximum Gasteiger partial charge on any atom is 0.339 e. The smallest absolute Gasteiger partial charge is 0.339 e. The number of ether oxygens (including phenoxy) is 2. The van der Waals surface area contributed by atoms with Gasteiger partial charge < -0.3 is 19.7 Å². The van der Waals surface area contributed by atoms with Crippen LogP contribution in [0.2, 0.25) is 0 Å². The standard InChI is InChI=1S/C15H14O6/c1-9(13(17)11-7-12(16)21-15(11)19)14(18)20-8-10-5-3-2-4-6-10/h2-7,12-13,16-17H,1,8H2. The van der Waals surface area contributed by atoms with Crippen LogP contribution in [0.25, 0.3) is 0 Å². The van der Waals surface area contributed by atoms with E-state index in [1.54, 1.807) is 24.3 Å². The molecule has 0 aromatic heterocycles. The summed E-state index contributed by atoms with van der Waals surface area (Å²) in [6, 6.07) is 8.98. The van der Waals surface area contributed by atoms with Crippen molar-refractivity contribution >= 4 is 11.9 Å². The second-order valence-electron chi connectivity index (χ2n) is 4.41. The summed E-state index contributed by atoms with van der Waals surface area (Å²) in [4.78, 5) is 23.1. The van der Waals surface area contributed by atoms with E-state index in [1.165, 1.54) is 0 Å². The molecule has 21 heavy (non-hydrogen) atoms. The number of carbonyl (C=O) groups is 2. The van der Waals surface area contributed by atoms with E-state index in [9.17, 15) is 14.7 Å². The van der Waals surface area contributed by atoms with E-state index in [4.69, 9.17) is 9.84 Å². The Bertz CT molecular complexity index is 589. The molecule has 0 amide bonds. The lowest BCUT2D eigenvalue weighted by molar-refractivity contribution is -0.151. The third-order valence-corrected chi connectivity index (χ3v) is 2.89. The molecular formula is C15H14O6. The van der Waals surface area contributed by atoms with Gasteiger partial charge in [-0.25, -0.2) is 9.59 Å². The van der Waals surface area contributed by atoms with Gasteiger partial charge in [-0.2, -0.15) is 0 Å². The Labute approximate surface area is 120 Å². The Morgan fingerprint density at radius 3 is 2.62 bits per heavy atom. The molecule has 0 saturated carbocycles. The van der Waals surface area contributed by atoms with Crippen molar-refractivity contribution in [2.24, 2.45) is 0 Å². The molecule has 1 aliphatic rings. The highest BCUT2D eigenvalue weighted by molar-refractivity contribution is 5.97. The Morgan fingerprint density at radius 2 is 2.05 bits per heavy atom. The molecule has 1 heterocycles. The van der Waals surface area contributed by atoms with Gasteiger partial charge in [0.05, 0.1) is 11.1 Å². The van der Waals surface area contributed by atoms with E-state index in [0.717, 1.165) is 11.6 Å². The number of hydrogen-bond donors (Lipinski definition) is 2. The van der Waals surface area contributed by atoms with Crippen LogP contribution in [0.3, 0.4) is 0 Å². The van der Waals surface area contributed by atoms with Gasteiger partial charge in [0.25, 0.3) is 0 Å². The molecule has 0 spiro atoms. The minimum Gasteiger partial charge on any atom is -0.457 e. The van der Waals surface area contributed by atoms with Crippen LogP contribution >= 0.6 is 0 Å². The molecule has 2 N–H and O–H groups in total. The third kappa shape index (κ3) is 3.56. The first-order valence-corrected chi connectivity index (χ1v) is 6.17. The number of rotatable bonds is 5. The second kappa shape index (κ2) is 6.34. The van der Waals surface area contributed by atoms with Gasteiger partial charge in [0.2, 0.25) is 6.29 Å². The first-order valence-electron chi connectivity index (χ1n) is 6.17. The van der Waals surface area contributed by atoms with Crippen molar-refractivity contribution in [3.05, 3.63) is 59.7 Å². The molecule has 0 saturated heterocycles. The van der Waals surface area contributed by atoms with Gasteiger partial charge in [0, 0.05) is 0 Å². The molecule has 1 aromatic carbocycles. The van der Waals surface area contributed by atoms with E-state index in [0.29, 0.717) is 0 Å². The van der Waals surface area contributed by atoms with Crippen molar-refractivity contribution in [1.29, 1.82) is 0 Å². The monoisotopic (exact) mass is 290 g/mol. The van der Waals surface area contributed by atoms with Crippen LogP contribution in [0, 0.1) is 0 Å². The highest BCUT2D eigenvalue weighted by atomic mass is 16.6. The molecule has 2 rings (SSSR count). The fraction of sp³-hybridized carbons (Fsp3) is 0.200. The highest BCUT2D eigenvalue weighted by Crippen LogP contribution is 2.20. The predicted octanol–water partition coefficient (Wildman–Crippen LogP) is 0.448. The first kappa shape index (κ1) is 15.0. The molecule has 2 unspecified atom stereocenters. The molecule has 0 bridgehead atoms. The van der Waals surface area contributed by atoms with Crippen molar-refractivity contribution < 1.29 is 29.3 Å². The van der Waals surface area contributed by atoms with Crippen LogP contribution in [0.1, 0.15) is 5.56 Å². The van der Waals surface area contributed by atoms with Crippen LogP contribution in [0.15, 0.2) is 54.1 Å². The number of benzene rings is 1. The summed E-state index contributed by atoms with van der Waals surface area (Å²) in [6.07, 6.45) is -1.98. The third-order valence-electron chi connectivity index (χ3n) is 2.89. The fourth-order valence-electron chi connectivity index (χ4n) is 1.75. The zero-order valence-electron chi connectivity index (χ0n) is 11.1. The van der Waals surface area contributed by atoms with Crippen LogP contribution in [-0.2, 0) is 25.7 Å². The van der Waals surface area contributed by atoms with E-state index < -0.39 is 24.3 Å². The van der Waals surface area contributed by atoms with Crippen molar-refractivity contribution in [1.82, 2.24) is 0 Å². The molecule has 110 valence electrons. The molecular weight excluding hydrogens is 276 g/mol. The minimum absolute atomic E-state index is 0.0253. The maximum atomic E-state index is 11.8. The molecule has 0 aliphatic carbocycles. The summed E-state index contributed by atoms with van der Waals surface area (Å²) >= 11 is 0. The van der Waals surface area contributed by atoms with Gasteiger partial charge in [0.1, 0.15) is 12.7 Å². The Morgan fingerprint density at radius 1 is 1.38 bits per heavy atom. The van der Waals surface area contributed by atoms with Gasteiger partial charge in [-0.3, -0.25) is 0 Å². The normalized spacial score (nSPS) is 18.7. The Balaban J connectivity index is 1.95. The van der Waals surface area contributed by atoms with Gasteiger partial charge in [-0.1, -0.05) is 36.9 Å². The topological polar surface area (TPSA) is 93.1 Å². The lowest BCUT2D eigenvalue weighted by Gasteiger charge is -2.12. The van der Waals surface area contributed by atoms with E-state index in [2.05, 4.69) is 11.3 Å². The molecule has 6 nitrogen and oxygen atoms in total. The van der Waals surface area contributed by atoms with Crippen molar-refractivity contribution in [2.45, 2.75) is 19.0 Å². The van der Waals surface area contributed by atoms with E-state index in [-0.39, 0.29) is 17.8 Å². The summed E-state index contributed by atoms with van der Waals surface area (Å²) in [5.41, 5.74) is 0.246. The Hall–Kier alpha value is -2.44. The minimum atomic E-state index is -1.57. The van der Waals surface area contributed by atoms with E-state index in [1.807, 2.05) is 6.07 Å². The highest BCUT2D eigenvalue weighted by Gasteiger charge is 2.33. The number of esters is 2. The Kier molecular flexibility index (Phi) is 4.52. The number of carbonyl (C=O) groups excluding carboxylic acids is 2. The largest absolute Gasteiger partial charge is 0.457 e. The van der Waals surface area contributed by atoms with Crippen LogP contribution in [0.4, 0.5) is 0 Å². The van der Waals surface area contributed by atoms with Gasteiger partial charge >= 0.3 is 11.9 Å². The van der Waals surface area contributed by atoms with Crippen molar-refractivity contribution in [3.63, 3.8) is 0 Å². The number of cyclic esters (lactones) is 1. The summed E-state index contributed by atoms with van der Waals surface area (Å²) in [5.74, 6) is -1.73. The van der Waals surface area contributed by atoms with Gasteiger partial charge in [-0.15, -0.1) is 0 Å². The van der Waals surface area contributed by atoms with Crippen LogP contribution < -0.4 is 0 Å². The fourth-order valence-corrected chi connectivity index (χ4v) is 1.75. The summed E-state index contributed by atoms with van der Waals surface area (Å²) < 4.78 is 9.42. The summed E-state index contributed by atoms with van der Waals surface area (Å²) in [7, 11) is 0. The first-order chi connectivity index (χ1) is 9.99. The van der Waals surface area contributed by atoms with Crippen LogP contribution in [0.5, 0.6) is 0 Å². The quantitative estimate of drug-likeness (QED) is 0.604. The molecule has 0 fully saturated rings. The molecule has 0 radical (unpaired) electrons. The lowest BCUT2D eigenvalue weighted by atomic mass is 10.0. The second-order valence-corrected chi connectivity index (χ2v) is 4.41. The molecule has 1 aliphatic heterocycles. The molecule has 1 aromatic rings. The predicted molar refractivity (Wildman–Crippen MR) is 71.6 cm³/mol. The van der Waals surface area contributed by atoms with Gasteiger partial charge in [0.15, 0.2) is 0 Å². The zero-order valence-corrected chi connectivity index (χ0v) is 11.1. The van der Waals surface area contributed by atoms with E-state index >= 15 is 0 Å². The SMILES string of the molecule is C=C(C(=O)OCc1ccccc1)C(O)C1=CC(O)OC1=O. The van der Waals surface area contributed by atoms with Crippen LogP contribution in [-0.4, -0.2) is 34.5 Å². The molecule has 2 atom stereocenters. The number of aliphatic hydroxyl groups is 2. The van der Waals surface area contributed by atoms with Crippen molar-refractivity contribution in [2.75, 3.05) is 0 Å². The zero-order chi connectivity index (χ0) is 15.4. The average molecular weight is 290 g/mol. The molecule has 6 heteroatoms. The summed E-state index contributed by atoms with van der Waals surface area (Å²) in [6.45, 7) is 3.44.